The van der Waals surface area contributed by atoms with E-state index in [1.165, 1.54) is 25.7 Å². The summed E-state index contributed by atoms with van der Waals surface area (Å²) in [6, 6.07) is 4.03. The van der Waals surface area contributed by atoms with E-state index in [0.29, 0.717) is 0 Å². The van der Waals surface area contributed by atoms with Crippen molar-refractivity contribution in [2.45, 2.75) is 52.9 Å². The first-order chi connectivity index (χ1) is 8.15. The van der Waals surface area contributed by atoms with Gasteiger partial charge < -0.3 is 10.5 Å². The number of benzene rings is 1. The number of unbranched alkanes of at least 4 members (excludes halogenated alkanes) is 4. The molecule has 0 aromatic heterocycles. The molecule has 2 heteroatoms. The molecule has 1 aromatic carbocycles. The molecule has 1 aromatic rings. The summed E-state index contributed by atoms with van der Waals surface area (Å²) in [5, 5.41) is 0. The Morgan fingerprint density at radius 1 is 1.00 bits per heavy atom. The Kier molecular flexibility index (Phi) is 5.88. The smallest absolute Gasteiger partial charge is 0.122 e. The zero-order chi connectivity index (χ0) is 12.7. The van der Waals surface area contributed by atoms with Crippen LogP contribution in [0.3, 0.4) is 0 Å². The minimum atomic E-state index is 0.813. The van der Waals surface area contributed by atoms with Gasteiger partial charge in [-0.2, -0.15) is 0 Å². The van der Waals surface area contributed by atoms with Gasteiger partial charge in [-0.1, -0.05) is 32.6 Å². The molecule has 0 amide bonds. The quantitative estimate of drug-likeness (QED) is 0.567. The van der Waals surface area contributed by atoms with E-state index in [1.807, 2.05) is 26.0 Å². The van der Waals surface area contributed by atoms with Crippen molar-refractivity contribution >= 4 is 5.69 Å². The van der Waals surface area contributed by atoms with Crippen LogP contribution in [0.25, 0.3) is 0 Å². The predicted octanol–water partition coefficient (Wildman–Crippen LogP) is 4.23. The van der Waals surface area contributed by atoms with E-state index in [0.717, 1.165) is 35.6 Å². The number of anilines is 1. The third kappa shape index (κ3) is 4.68. The van der Waals surface area contributed by atoms with Crippen molar-refractivity contribution in [1.82, 2.24) is 0 Å². The SMILES string of the molecule is CCCCCCCOc1cc(C)c(N)cc1C. The summed E-state index contributed by atoms with van der Waals surface area (Å²) in [5.41, 5.74) is 8.91. The van der Waals surface area contributed by atoms with Crippen molar-refractivity contribution in [2.24, 2.45) is 0 Å². The molecule has 0 bridgehead atoms. The second-order valence-electron chi connectivity index (χ2n) is 4.74. The normalized spacial score (nSPS) is 10.5. The summed E-state index contributed by atoms with van der Waals surface area (Å²) >= 11 is 0. The number of hydrogen-bond acceptors (Lipinski definition) is 2. The first-order valence-electron chi connectivity index (χ1n) is 6.64. The van der Waals surface area contributed by atoms with Gasteiger partial charge in [0.2, 0.25) is 0 Å². The van der Waals surface area contributed by atoms with Crippen LogP contribution in [0.5, 0.6) is 5.75 Å². The first-order valence-corrected chi connectivity index (χ1v) is 6.64. The Bertz CT molecular complexity index is 347. The van der Waals surface area contributed by atoms with Gasteiger partial charge in [-0.25, -0.2) is 0 Å². The van der Waals surface area contributed by atoms with Gasteiger partial charge in [-0.3, -0.25) is 0 Å². The van der Waals surface area contributed by atoms with Crippen LogP contribution >= 0.6 is 0 Å². The lowest BCUT2D eigenvalue weighted by molar-refractivity contribution is 0.302. The molecular weight excluding hydrogens is 210 g/mol. The van der Waals surface area contributed by atoms with Crippen molar-refractivity contribution in [3.63, 3.8) is 0 Å². The van der Waals surface area contributed by atoms with E-state index in [2.05, 4.69) is 6.92 Å². The van der Waals surface area contributed by atoms with Gasteiger partial charge >= 0.3 is 0 Å². The summed E-state index contributed by atoms with van der Waals surface area (Å²) in [7, 11) is 0. The van der Waals surface area contributed by atoms with Gasteiger partial charge in [0, 0.05) is 5.69 Å². The average Bonchev–Trinajstić information content (AvgIpc) is 2.30. The summed E-state index contributed by atoms with van der Waals surface area (Å²) in [6.07, 6.45) is 6.35. The highest BCUT2D eigenvalue weighted by molar-refractivity contribution is 5.53. The lowest BCUT2D eigenvalue weighted by Crippen LogP contribution is -2.00. The predicted molar refractivity (Wildman–Crippen MR) is 74.6 cm³/mol. The summed E-state index contributed by atoms with van der Waals surface area (Å²) in [4.78, 5) is 0. The number of ether oxygens (including phenoxy) is 1. The topological polar surface area (TPSA) is 35.2 Å². The van der Waals surface area contributed by atoms with Gasteiger partial charge in [-0.15, -0.1) is 0 Å². The maximum absolute atomic E-state index is 5.84. The Morgan fingerprint density at radius 2 is 1.71 bits per heavy atom. The fourth-order valence-electron chi connectivity index (χ4n) is 1.86. The second-order valence-corrected chi connectivity index (χ2v) is 4.74. The largest absolute Gasteiger partial charge is 0.493 e. The van der Waals surface area contributed by atoms with E-state index in [-0.39, 0.29) is 0 Å². The van der Waals surface area contributed by atoms with Gasteiger partial charge in [0.25, 0.3) is 0 Å². The Balaban J connectivity index is 2.34. The summed E-state index contributed by atoms with van der Waals surface area (Å²) < 4.78 is 5.80. The van der Waals surface area contributed by atoms with Crippen molar-refractivity contribution < 1.29 is 4.74 Å². The molecule has 0 heterocycles. The third-order valence-electron chi connectivity index (χ3n) is 3.07. The fourth-order valence-corrected chi connectivity index (χ4v) is 1.86. The number of aryl methyl sites for hydroxylation is 2. The zero-order valence-electron chi connectivity index (χ0n) is 11.4. The molecule has 0 fully saturated rings. The van der Waals surface area contributed by atoms with Crippen molar-refractivity contribution in [1.29, 1.82) is 0 Å². The monoisotopic (exact) mass is 235 g/mol. The number of hydrogen-bond donors (Lipinski definition) is 1. The molecule has 0 unspecified atom stereocenters. The molecule has 2 N–H and O–H groups in total. The van der Waals surface area contributed by atoms with E-state index < -0.39 is 0 Å². The molecule has 17 heavy (non-hydrogen) atoms. The lowest BCUT2D eigenvalue weighted by atomic mass is 10.1. The van der Waals surface area contributed by atoms with Crippen molar-refractivity contribution in [3.8, 4) is 5.75 Å². The molecule has 0 radical (unpaired) electrons. The van der Waals surface area contributed by atoms with Crippen LogP contribution in [-0.2, 0) is 0 Å². The minimum Gasteiger partial charge on any atom is -0.493 e. The van der Waals surface area contributed by atoms with Crippen LogP contribution in [0.4, 0.5) is 5.69 Å². The molecule has 0 saturated heterocycles. The van der Waals surface area contributed by atoms with Crippen LogP contribution in [0.2, 0.25) is 0 Å². The first kappa shape index (κ1) is 13.9. The van der Waals surface area contributed by atoms with E-state index in [4.69, 9.17) is 10.5 Å². The average molecular weight is 235 g/mol. The highest BCUT2D eigenvalue weighted by Crippen LogP contribution is 2.24. The van der Waals surface area contributed by atoms with Crippen LogP contribution in [-0.4, -0.2) is 6.61 Å². The fraction of sp³-hybridized carbons (Fsp3) is 0.600. The number of rotatable bonds is 7. The highest BCUT2D eigenvalue weighted by Gasteiger charge is 2.03. The summed E-state index contributed by atoms with van der Waals surface area (Å²) in [6.45, 7) is 7.11. The van der Waals surface area contributed by atoms with Gasteiger partial charge in [0.1, 0.15) is 5.75 Å². The van der Waals surface area contributed by atoms with Crippen LogP contribution < -0.4 is 10.5 Å². The maximum atomic E-state index is 5.84. The number of nitrogens with two attached hydrogens (primary N) is 1. The van der Waals surface area contributed by atoms with Crippen LogP contribution in [0.1, 0.15) is 50.2 Å². The minimum absolute atomic E-state index is 0.813. The Hall–Kier alpha value is -1.18. The van der Waals surface area contributed by atoms with Crippen molar-refractivity contribution in [3.05, 3.63) is 23.3 Å². The molecule has 0 spiro atoms. The number of nitrogen functional groups attached to an aromatic ring is 1. The molecule has 0 saturated carbocycles. The van der Waals surface area contributed by atoms with E-state index in [9.17, 15) is 0 Å². The van der Waals surface area contributed by atoms with Gasteiger partial charge in [-0.05, 0) is 43.5 Å². The molecule has 1 rings (SSSR count). The maximum Gasteiger partial charge on any atom is 0.122 e. The van der Waals surface area contributed by atoms with Crippen LogP contribution in [0.15, 0.2) is 12.1 Å². The zero-order valence-corrected chi connectivity index (χ0v) is 11.4. The molecular formula is C15H25NO. The third-order valence-corrected chi connectivity index (χ3v) is 3.07. The molecule has 0 aliphatic rings. The second kappa shape index (κ2) is 7.21. The standard InChI is InChI=1S/C15H25NO/c1-4-5-6-7-8-9-17-15-11-12(2)14(16)10-13(15)3/h10-11H,4-9,16H2,1-3H3. The molecule has 0 atom stereocenters. The van der Waals surface area contributed by atoms with Gasteiger partial charge in [0.15, 0.2) is 0 Å². The molecule has 0 aliphatic heterocycles. The summed E-state index contributed by atoms with van der Waals surface area (Å²) in [5.74, 6) is 0.979. The lowest BCUT2D eigenvalue weighted by Gasteiger charge is -2.11. The van der Waals surface area contributed by atoms with E-state index >= 15 is 0 Å². The highest BCUT2D eigenvalue weighted by atomic mass is 16.5. The molecule has 2 nitrogen and oxygen atoms in total. The van der Waals surface area contributed by atoms with Gasteiger partial charge in [0.05, 0.1) is 6.61 Å². The Labute approximate surface area is 105 Å². The Morgan fingerprint density at radius 3 is 2.41 bits per heavy atom. The van der Waals surface area contributed by atoms with E-state index in [1.54, 1.807) is 0 Å². The molecule has 96 valence electrons. The molecule has 0 aliphatic carbocycles. The van der Waals surface area contributed by atoms with Crippen molar-refractivity contribution in [2.75, 3.05) is 12.3 Å². The van der Waals surface area contributed by atoms with Crippen LogP contribution in [0, 0.1) is 13.8 Å².